The minimum atomic E-state index is -0.258. The summed E-state index contributed by atoms with van der Waals surface area (Å²) in [6.07, 6.45) is 2.31. The number of carbonyl (C=O) groups excluding carboxylic acids is 1. The van der Waals surface area contributed by atoms with Gasteiger partial charge in [0, 0.05) is 38.2 Å². The van der Waals surface area contributed by atoms with Crippen LogP contribution in [0.4, 0.5) is 4.39 Å². The van der Waals surface area contributed by atoms with Gasteiger partial charge in [-0.05, 0) is 48.2 Å². The molecule has 8 heteroatoms. The van der Waals surface area contributed by atoms with Crippen LogP contribution in [-0.4, -0.2) is 63.7 Å². The van der Waals surface area contributed by atoms with E-state index in [-0.39, 0.29) is 17.8 Å². The minimum absolute atomic E-state index is 0.0142. The molecule has 1 amide bonds. The predicted molar refractivity (Wildman–Crippen MR) is 121 cm³/mol. The number of likely N-dealkylation sites (tertiary alicyclic amines) is 1. The highest BCUT2D eigenvalue weighted by Gasteiger charge is 2.33. The van der Waals surface area contributed by atoms with E-state index >= 15 is 0 Å². The topological polar surface area (TPSA) is 74.3 Å². The van der Waals surface area contributed by atoms with Crippen LogP contribution in [0.2, 0.25) is 0 Å². The molecule has 1 N–H and O–H groups in total. The molecule has 3 aromatic rings. The van der Waals surface area contributed by atoms with Crippen LogP contribution < -0.4 is 0 Å². The second-order valence-electron chi connectivity index (χ2n) is 8.69. The zero-order valence-electron chi connectivity index (χ0n) is 18.5. The number of halogens is 1. The number of aromatic nitrogens is 3. The van der Waals surface area contributed by atoms with Gasteiger partial charge >= 0.3 is 0 Å². The van der Waals surface area contributed by atoms with E-state index in [0.29, 0.717) is 30.2 Å². The van der Waals surface area contributed by atoms with Crippen LogP contribution in [0.3, 0.4) is 0 Å². The van der Waals surface area contributed by atoms with Crippen molar-refractivity contribution in [2.45, 2.75) is 31.8 Å². The monoisotopic (exact) mass is 449 g/mol. The number of amides is 1. The second-order valence-corrected chi connectivity index (χ2v) is 8.69. The molecule has 2 saturated heterocycles. The van der Waals surface area contributed by atoms with Gasteiger partial charge in [-0.3, -0.25) is 14.8 Å². The van der Waals surface area contributed by atoms with E-state index in [0.717, 1.165) is 51.3 Å². The number of H-pyrrole nitrogens is 1. The van der Waals surface area contributed by atoms with Crippen molar-refractivity contribution in [1.29, 1.82) is 0 Å². The molecule has 1 atom stereocenters. The average molecular weight is 450 g/mol. The summed E-state index contributed by atoms with van der Waals surface area (Å²) in [6, 6.07) is 14.2. The quantitative estimate of drug-likeness (QED) is 0.625. The van der Waals surface area contributed by atoms with Gasteiger partial charge in [-0.2, -0.15) is 5.10 Å². The predicted octanol–water partition coefficient (Wildman–Crippen LogP) is 3.34. The molecule has 2 aliphatic rings. The fourth-order valence-corrected chi connectivity index (χ4v) is 4.55. The third-order valence-electron chi connectivity index (χ3n) is 6.36. The fourth-order valence-electron chi connectivity index (χ4n) is 4.55. The highest BCUT2D eigenvalue weighted by molar-refractivity contribution is 5.94. The number of nitrogens with one attached hydrogen (secondary N) is 1. The molecule has 5 rings (SSSR count). The lowest BCUT2D eigenvalue weighted by Crippen LogP contribution is -2.35. The third kappa shape index (κ3) is 5.12. The Kier molecular flexibility index (Phi) is 6.46. The first-order valence-electron chi connectivity index (χ1n) is 11.5. The number of carbonyl (C=O) groups is 1. The Morgan fingerprint density at radius 2 is 1.76 bits per heavy atom. The van der Waals surface area contributed by atoms with Gasteiger partial charge in [0.25, 0.3) is 5.91 Å². The molecule has 0 spiro atoms. The van der Waals surface area contributed by atoms with Crippen molar-refractivity contribution >= 4 is 5.91 Å². The van der Waals surface area contributed by atoms with Crippen molar-refractivity contribution in [2.75, 3.05) is 32.8 Å². The number of hydrogen-bond acceptors (Lipinski definition) is 5. The van der Waals surface area contributed by atoms with Crippen molar-refractivity contribution < 1.29 is 13.9 Å². The Labute approximate surface area is 192 Å². The van der Waals surface area contributed by atoms with E-state index < -0.39 is 0 Å². The smallest absolute Gasteiger partial charge is 0.254 e. The van der Waals surface area contributed by atoms with Gasteiger partial charge in [0.2, 0.25) is 0 Å². The van der Waals surface area contributed by atoms with Gasteiger partial charge in [0.15, 0.2) is 5.82 Å². The minimum Gasteiger partial charge on any atom is -0.379 e. The normalized spacial score (nSPS) is 19.2. The number of benzene rings is 2. The highest BCUT2D eigenvalue weighted by atomic mass is 19.1. The molecule has 2 aliphatic heterocycles. The molecule has 0 unspecified atom stereocenters. The van der Waals surface area contributed by atoms with E-state index in [1.807, 2.05) is 29.2 Å². The second kappa shape index (κ2) is 9.80. The van der Waals surface area contributed by atoms with Gasteiger partial charge < -0.3 is 9.64 Å². The summed E-state index contributed by atoms with van der Waals surface area (Å²) in [5.74, 6) is 1.11. The number of rotatable bonds is 6. The summed E-state index contributed by atoms with van der Waals surface area (Å²) in [7, 11) is 0. The van der Waals surface area contributed by atoms with Crippen LogP contribution >= 0.6 is 0 Å². The van der Waals surface area contributed by atoms with Crippen LogP contribution in [0.25, 0.3) is 0 Å². The number of nitrogens with zero attached hydrogens (tertiary/aromatic N) is 4. The number of aromatic amines is 1. The van der Waals surface area contributed by atoms with Gasteiger partial charge in [-0.25, -0.2) is 9.37 Å². The van der Waals surface area contributed by atoms with Crippen molar-refractivity contribution in [1.82, 2.24) is 25.0 Å². The number of morpholine rings is 1. The van der Waals surface area contributed by atoms with Crippen LogP contribution in [-0.2, 0) is 17.7 Å². The maximum Gasteiger partial charge on any atom is 0.254 e. The van der Waals surface area contributed by atoms with Crippen molar-refractivity contribution in [2.24, 2.45) is 0 Å². The largest absolute Gasteiger partial charge is 0.379 e. The summed E-state index contributed by atoms with van der Waals surface area (Å²) in [4.78, 5) is 22.1. The van der Waals surface area contributed by atoms with E-state index in [1.165, 1.54) is 17.7 Å². The zero-order chi connectivity index (χ0) is 22.6. The zero-order valence-corrected chi connectivity index (χ0v) is 18.5. The summed E-state index contributed by atoms with van der Waals surface area (Å²) in [5.41, 5.74) is 2.84. The Morgan fingerprint density at radius 1 is 1.03 bits per heavy atom. The molecule has 172 valence electrons. The Balaban J connectivity index is 1.24. The molecule has 3 heterocycles. The molecule has 2 aromatic carbocycles. The van der Waals surface area contributed by atoms with Gasteiger partial charge in [0.1, 0.15) is 11.6 Å². The third-order valence-corrected chi connectivity index (χ3v) is 6.36. The molecule has 1 aromatic heterocycles. The lowest BCUT2D eigenvalue weighted by Gasteiger charge is -2.26. The van der Waals surface area contributed by atoms with Crippen LogP contribution in [0.15, 0.2) is 48.5 Å². The first-order valence-corrected chi connectivity index (χ1v) is 11.5. The average Bonchev–Trinajstić information content (AvgIpc) is 3.51. The lowest BCUT2D eigenvalue weighted by molar-refractivity contribution is 0.0342. The van der Waals surface area contributed by atoms with Gasteiger partial charge in [-0.15, -0.1) is 0 Å². The summed E-state index contributed by atoms with van der Waals surface area (Å²) in [5, 5.41) is 7.38. The standard InChI is InChI=1S/C25H28FN5O2/c26-21-9-5-18(6-10-21)16-23-27-24(29-28-23)22-2-1-11-31(22)25(32)20-7-3-19(4-8-20)17-30-12-14-33-15-13-30/h3-10,22H,1-2,11-17H2,(H,27,28,29)/t22-/m0/s1. The summed E-state index contributed by atoms with van der Waals surface area (Å²) >= 11 is 0. The fraction of sp³-hybridized carbons (Fsp3) is 0.400. The van der Waals surface area contributed by atoms with Crippen LogP contribution in [0.5, 0.6) is 0 Å². The van der Waals surface area contributed by atoms with Gasteiger partial charge in [-0.1, -0.05) is 24.3 Å². The molecule has 2 fully saturated rings. The molecular formula is C25H28FN5O2. The maximum absolute atomic E-state index is 13.3. The van der Waals surface area contributed by atoms with E-state index in [1.54, 1.807) is 12.1 Å². The van der Waals surface area contributed by atoms with Crippen molar-refractivity contribution in [3.05, 3.63) is 82.7 Å². The first kappa shape index (κ1) is 21.7. The first-order chi connectivity index (χ1) is 16.2. The van der Waals surface area contributed by atoms with Gasteiger partial charge in [0.05, 0.1) is 19.3 Å². The van der Waals surface area contributed by atoms with E-state index in [9.17, 15) is 9.18 Å². The van der Waals surface area contributed by atoms with Crippen LogP contribution in [0.1, 0.15) is 52.0 Å². The van der Waals surface area contributed by atoms with Crippen molar-refractivity contribution in [3.8, 4) is 0 Å². The molecule has 0 bridgehead atoms. The van der Waals surface area contributed by atoms with E-state index in [4.69, 9.17) is 4.74 Å². The van der Waals surface area contributed by atoms with Crippen molar-refractivity contribution in [3.63, 3.8) is 0 Å². The number of hydrogen-bond donors (Lipinski definition) is 1. The van der Waals surface area contributed by atoms with E-state index in [2.05, 4.69) is 20.1 Å². The Hall–Kier alpha value is -3.10. The summed E-state index contributed by atoms with van der Waals surface area (Å²) in [6.45, 7) is 5.00. The SMILES string of the molecule is O=C(c1ccc(CN2CCOCC2)cc1)N1CCC[C@H]1c1n[nH]c(Cc2ccc(F)cc2)n1. The summed E-state index contributed by atoms with van der Waals surface area (Å²) < 4.78 is 18.5. The van der Waals surface area contributed by atoms with Crippen LogP contribution in [0, 0.1) is 5.82 Å². The lowest BCUT2D eigenvalue weighted by atomic mass is 10.1. The molecule has 7 nitrogen and oxygen atoms in total. The Bertz CT molecular complexity index is 1080. The molecular weight excluding hydrogens is 421 g/mol. The maximum atomic E-state index is 13.3. The number of ether oxygens (including phenoxy) is 1. The molecule has 0 aliphatic carbocycles. The molecule has 0 saturated carbocycles. The molecule has 0 radical (unpaired) electrons. The highest BCUT2D eigenvalue weighted by Crippen LogP contribution is 2.31. The Morgan fingerprint density at radius 3 is 2.52 bits per heavy atom. The molecule has 33 heavy (non-hydrogen) atoms.